The van der Waals surface area contributed by atoms with E-state index in [0.29, 0.717) is 10.8 Å². The van der Waals surface area contributed by atoms with Gasteiger partial charge in [-0.05, 0) is 23.7 Å². The molecular formula is C17H28. The number of hydrogen-bond acceptors (Lipinski definition) is 0. The van der Waals surface area contributed by atoms with E-state index >= 15 is 0 Å². The summed E-state index contributed by atoms with van der Waals surface area (Å²) in [5.74, 6) is 0. The van der Waals surface area contributed by atoms with Gasteiger partial charge in [-0.3, -0.25) is 0 Å². The van der Waals surface area contributed by atoms with E-state index in [4.69, 9.17) is 0 Å². The van der Waals surface area contributed by atoms with Crippen molar-refractivity contribution in [1.29, 1.82) is 0 Å². The maximum atomic E-state index is 3.78. The summed E-state index contributed by atoms with van der Waals surface area (Å²) in [6, 6.07) is 12.0. The van der Waals surface area contributed by atoms with Crippen LogP contribution >= 0.6 is 0 Å². The molecule has 0 saturated heterocycles. The zero-order valence-electron chi connectivity index (χ0n) is 12.2. The summed E-state index contributed by atoms with van der Waals surface area (Å²) in [7, 11) is 0. The molecule has 96 valence electrons. The molecule has 0 amide bonds. The standard InChI is InChI=1S/C11H22.C6H6/c1-7-8-11(5,6)9-10(2,3)4;1-2-4-6-5-3-1/h7H,1,8-9H2,2-6H3;1-6H. The van der Waals surface area contributed by atoms with Gasteiger partial charge in [-0.25, -0.2) is 0 Å². The molecule has 0 radical (unpaired) electrons. The van der Waals surface area contributed by atoms with Gasteiger partial charge in [0, 0.05) is 0 Å². The fourth-order valence-electron chi connectivity index (χ4n) is 2.28. The molecule has 0 saturated carbocycles. The van der Waals surface area contributed by atoms with Crippen molar-refractivity contribution in [3.8, 4) is 0 Å². The van der Waals surface area contributed by atoms with Gasteiger partial charge in [0.05, 0.1) is 0 Å². The van der Waals surface area contributed by atoms with Crippen LogP contribution in [-0.2, 0) is 0 Å². The normalized spacial score (nSPS) is 11.4. The molecule has 0 aliphatic carbocycles. The third-order valence-electron chi connectivity index (χ3n) is 2.37. The Hall–Kier alpha value is -1.04. The lowest BCUT2D eigenvalue weighted by atomic mass is 9.74. The monoisotopic (exact) mass is 232 g/mol. The molecule has 0 bridgehead atoms. The summed E-state index contributed by atoms with van der Waals surface area (Å²) in [6.07, 6.45) is 4.39. The second-order valence-electron chi connectivity index (χ2n) is 6.55. The first-order valence-electron chi connectivity index (χ1n) is 6.38. The summed E-state index contributed by atoms with van der Waals surface area (Å²) in [5, 5.41) is 0. The highest BCUT2D eigenvalue weighted by atomic mass is 14.3. The number of allylic oxidation sites excluding steroid dienone is 1. The van der Waals surface area contributed by atoms with Crippen LogP contribution in [0.2, 0.25) is 0 Å². The largest absolute Gasteiger partial charge is 0.103 e. The van der Waals surface area contributed by atoms with Gasteiger partial charge >= 0.3 is 0 Å². The summed E-state index contributed by atoms with van der Waals surface area (Å²) in [6.45, 7) is 15.3. The Labute approximate surface area is 108 Å². The van der Waals surface area contributed by atoms with Crippen molar-refractivity contribution < 1.29 is 0 Å². The first kappa shape index (κ1) is 16.0. The highest BCUT2D eigenvalue weighted by Crippen LogP contribution is 2.35. The van der Waals surface area contributed by atoms with Crippen molar-refractivity contribution in [2.24, 2.45) is 10.8 Å². The predicted molar refractivity (Wildman–Crippen MR) is 79.1 cm³/mol. The third kappa shape index (κ3) is 11.2. The molecule has 0 nitrogen and oxygen atoms in total. The molecule has 0 atom stereocenters. The van der Waals surface area contributed by atoms with Crippen molar-refractivity contribution in [2.75, 3.05) is 0 Å². The Morgan fingerprint density at radius 3 is 1.41 bits per heavy atom. The minimum atomic E-state index is 0.417. The first-order chi connectivity index (χ1) is 7.77. The fourth-order valence-corrected chi connectivity index (χ4v) is 2.28. The highest BCUT2D eigenvalue weighted by molar-refractivity contribution is 4.99. The first-order valence-corrected chi connectivity index (χ1v) is 6.38. The maximum Gasteiger partial charge on any atom is -0.0302 e. The van der Waals surface area contributed by atoms with E-state index in [1.807, 2.05) is 42.5 Å². The maximum absolute atomic E-state index is 3.78. The molecule has 0 N–H and O–H groups in total. The van der Waals surface area contributed by atoms with E-state index in [1.54, 1.807) is 0 Å². The van der Waals surface area contributed by atoms with Gasteiger partial charge in [-0.2, -0.15) is 0 Å². The highest BCUT2D eigenvalue weighted by Gasteiger charge is 2.23. The van der Waals surface area contributed by atoms with E-state index in [1.165, 1.54) is 6.42 Å². The van der Waals surface area contributed by atoms with Gasteiger partial charge in [0.1, 0.15) is 0 Å². The molecule has 0 aliphatic rings. The molecule has 0 spiro atoms. The average Bonchev–Trinajstić information content (AvgIpc) is 2.17. The lowest BCUT2D eigenvalue weighted by Gasteiger charge is -2.31. The predicted octanol–water partition coefficient (Wildman–Crippen LogP) is 5.71. The topological polar surface area (TPSA) is 0 Å². The molecule has 17 heavy (non-hydrogen) atoms. The SMILES string of the molecule is C=CCC(C)(C)CC(C)(C)C.c1ccccc1. The summed E-state index contributed by atoms with van der Waals surface area (Å²) >= 11 is 0. The second-order valence-corrected chi connectivity index (χ2v) is 6.55. The Kier molecular flexibility index (Phi) is 6.87. The smallest absolute Gasteiger partial charge is 0.0302 e. The number of benzene rings is 1. The Bertz CT molecular complexity index is 261. The second kappa shape index (κ2) is 7.32. The van der Waals surface area contributed by atoms with E-state index in [0.717, 1.165) is 6.42 Å². The Morgan fingerprint density at radius 2 is 1.18 bits per heavy atom. The zero-order chi connectivity index (χ0) is 13.4. The molecule has 1 aromatic carbocycles. The Morgan fingerprint density at radius 1 is 0.824 bits per heavy atom. The zero-order valence-corrected chi connectivity index (χ0v) is 12.2. The molecule has 0 heteroatoms. The minimum Gasteiger partial charge on any atom is -0.103 e. The molecule has 0 unspecified atom stereocenters. The number of rotatable bonds is 3. The molecule has 1 aromatic rings. The van der Waals surface area contributed by atoms with Gasteiger partial charge in [-0.1, -0.05) is 77.1 Å². The molecule has 0 heterocycles. The van der Waals surface area contributed by atoms with Gasteiger partial charge in [-0.15, -0.1) is 6.58 Å². The van der Waals surface area contributed by atoms with Crippen LogP contribution in [0.4, 0.5) is 0 Å². The van der Waals surface area contributed by atoms with Crippen LogP contribution in [0.5, 0.6) is 0 Å². The van der Waals surface area contributed by atoms with Crippen LogP contribution < -0.4 is 0 Å². The Balaban J connectivity index is 0.000000354. The summed E-state index contributed by atoms with van der Waals surface area (Å²) in [4.78, 5) is 0. The van der Waals surface area contributed by atoms with Gasteiger partial charge in [0.2, 0.25) is 0 Å². The van der Waals surface area contributed by atoms with E-state index < -0.39 is 0 Å². The number of hydrogen-bond donors (Lipinski definition) is 0. The lowest BCUT2D eigenvalue weighted by Crippen LogP contribution is -2.19. The lowest BCUT2D eigenvalue weighted by molar-refractivity contribution is 0.215. The average molecular weight is 232 g/mol. The van der Waals surface area contributed by atoms with Gasteiger partial charge in [0.25, 0.3) is 0 Å². The van der Waals surface area contributed by atoms with E-state index in [9.17, 15) is 0 Å². The van der Waals surface area contributed by atoms with Crippen molar-refractivity contribution >= 4 is 0 Å². The van der Waals surface area contributed by atoms with E-state index in [-0.39, 0.29) is 0 Å². The molecular weight excluding hydrogens is 204 g/mol. The van der Waals surface area contributed by atoms with Crippen LogP contribution in [0.1, 0.15) is 47.5 Å². The van der Waals surface area contributed by atoms with Crippen molar-refractivity contribution in [2.45, 2.75) is 47.5 Å². The van der Waals surface area contributed by atoms with Crippen LogP contribution in [0.15, 0.2) is 49.1 Å². The van der Waals surface area contributed by atoms with Crippen LogP contribution in [0.3, 0.4) is 0 Å². The van der Waals surface area contributed by atoms with Gasteiger partial charge in [0.15, 0.2) is 0 Å². The van der Waals surface area contributed by atoms with Crippen molar-refractivity contribution in [1.82, 2.24) is 0 Å². The van der Waals surface area contributed by atoms with Crippen LogP contribution in [-0.4, -0.2) is 0 Å². The summed E-state index contributed by atoms with van der Waals surface area (Å²) < 4.78 is 0. The van der Waals surface area contributed by atoms with E-state index in [2.05, 4.69) is 41.2 Å². The minimum absolute atomic E-state index is 0.417. The molecule has 1 rings (SSSR count). The molecule has 0 fully saturated rings. The van der Waals surface area contributed by atoms with Crippen molar-refractivity contribution in [3.05, 3.63) is 49.1 Å². The molecule has 0 aliphatic heterocycles. The molecule has 0 aromatic heterocycles. The van der Waals surface area contributed by atoms with Crippen LogP contribution in [0, 0.1) is 10.8 Å². The summed E-state index contributed by atoms with van der Waals surface area (Å²) in [5.41, 5.74) is 0.854. The third-order valence-corrected chi connectivity index (χ3v) is 2.37. The van der Waals surface area contributed by atoms with Crippen LogP contribution in [0.25, 0.3) is 0 Å². The van der Waals surface area contributed by atoms with Gasteiger partial charge < -0.3 is 0 Å². The quantitative estimate of drug-likeness (QED) is 0.585. The van der Waals surface area contributed by atoms with Crippen molar-refractivity contribution in [3.63, 3.8) is 0 Å². The fraction of sp³-hybridized carbons (Fsp3) is 0.529.